The van der Waals surface area contributed by atoms with Crippen molar-refractivity contribution >= 4 is 12.2 Å². The van der Waals surface area contributed by atoms with Crippen molar-refractivity contribution in [2.45, 2.75) is 59.2 Å². The van der Waals surface area contributed by atoms with E-state index in [9.17, 15) is 9.59 Å². The van der Waals surface area contributed by atoms with Crippen LogP contribution in [0, 0.1) is 22.3 Å². The summed E-state index contributed by atoms with van der Waals surface area (Å²) in [7, 11) is 0. The van der Waals surface area contributed by atoms with E-state index in [0.717, 1.165) is 12.8 Å². The second-order valence-corrected chi connectivity index (χ2v) is 7.59. The molecule has 0 aromatic rings. The number of alkyl carbamates (subject to hydrolysis) is 1. The highest BCUT2D eigenvalue weighted by molar-refractivity contribution is 5.67. The monoisotopic (exact) mass is 341 g/mol. The van der Waals surface area contributed by atoms with E-state index in [2.05, 4.69) is 30.8 Å². The standard InChI is InChI=1S/C16H27N3O5/c1-11(24-13(18)20)7-22-14(21)19-9-16(4)6-12(23-10-17)5-15(2,3)8-16/h11-12H,5-9H2,1-4H3,(H2,18,20)(H,19,21). The molecule has 3 unspecified atom stereocenters. The molecule has 0 saturated heterocycles. The Morgan fingerprint density at radius 1 is 1.38 bits per heavy atom. The van der Waals surface area contributed by atoms with Gasteiger partial charge in [-0.25, -0.2) is 9.59 Å². The van der Waals surface area contributed by atoms with E-state index < -0.39 is 18.3 Å². The van der Waals surface area contributed by atoms with Crippen LogP contribution in [0.4, 0.5) is 9.59 Å². The van der Waals surface area contributed by atoms with Gasteiger partial charge in [-0.05, 0) is 37.0 Å². The number of hydrogen-bond donors (Lipinski definition) is 2. The summed E-state index contributed by atoms with van der Waals surface area (Å²) < 4.78 is 14.8. The van der Waals surface area contributed by atoms with Crippen LogP contribution >= 0.6 is 0 Å². The Bertz CT molecular complexity index is 502. The Morgan fingerprint density at radius 2 is 2.04 bits per heavy atom. The predicted molar refractivity (Wildman–Crippen MR) is 85.7 cm³/mol. The van der Waals surface area contributed by atoms with Gasteiger partial charge in [0.1, 0.15) is 18.8 Å². The van der Waals surface area contributed by atoms with Crippen molar-refractivity contribution in [3.63, 3.8) is 0 Å². The van der Waals surface area contributed by atoms with Crippen LogP contribution in [0.3, 0.4) is 0 Å². The number of ether oxygens (including phenoxy) is 3. The molecule has 0 aromatic heterocycles. The number of nitrogens with one attached hydrogen (secondary N) is 1. The molecule has 0 bridgehead atoms. The third kappa shape index (κ3) is 6.94. The smallest absolute Gasteiger partial charge is 0.407 e. The first-order valence-electron chi connectivity index (χ1n) is 7.97. The minimum absolute atomic E-state index is 0.0178. The van der Waals surface area contributed by atoms with Crippen LogP contribution in [0.2, 0.25) is 0 Å². The average Bonchev–Trinajstić information content (AvgIpc) is 2.40. The van der Waals surface area contributed by atoms with Gasteiger partial charge in [-0.2, -0.15) is 5.26 Å². The highest BCUT2D eigenvalue weighted by Crippen LogP contribution is 2.46. The lowest BCUT2D eigenvalue weighted by Gasteiger charge is -2.45. The van der Waals surface area contributed by atoms with Crippen molar-refractivity contribution in [3.8, 4) is 6.26 Å². The fourth-order valence-corrected chi connectivity index (χ4v) is 3.59. The molecule has 1 rings (SSSR count). The zero-order valence-electron chi connectivity index (χ0n) is 14.8. The molecule has 0 aliphatic heterocycles. The van der Waals surface area contributed by atoms with E-state index in [-0.39, 0.29) is 23.5 Å². The van der Waals surface area contributed by atoms with Gasteiger partial charge in [-0.1, -0.05) is 20.8 Å². The number of primary amides is 1. The van der Waals surface area contributed by atoms with Crippen molar-refractivity contribution in [2.75, 3.05) is 13.2 Å². The lowest BCUT2D eigenvalue weighted by molar-refractivity contribution is -0.0113. The van der Waals surface area contributed by atoms with Gasteiger partial charge in [0.2, 0.25) is 0 Å². The molecule has 0 aromatic carbocycles. The van der Waals surface area contributed by atoms with Gasteiger partial charge in [-0.15, -0.1) is 0 Å². The summed E-state index contributed by atoms with van der Waals surface area (Å²) in [6.07, 6.45) is 1.90. The Labute approximate surface area is 142 Å². The molecule has 1 aliphatic rings. The second-order valence-electron chi connectivity index (χ2n) is 7.59. The summed E-state index contributed by atoms with van der Waals surface area (Å²) in [5.74, 6) is 0. The lowest BCUT2D eigenvalue weighted by Crippen LogP contribution is -2.45. The summed E-state index contributed by atoms with van der Waals surface area (Å²) in [4.78, 5) is 22.4. The van der Waals surface area contributed by atoms with Gasteiger partial charge >= 0.3 is 12.2 Å². The zero-order chi connectivity index (χ0) is 18.4. The van der Waals surface area contributed by atoms with E-state index >= 15 is 0 Å². The summed E-state index contributed by atoms with van der Waals surface area (Å²) >= 11 is 0. The van der Waals surface area contributed by atoms with Gasteiger partial charge in [0.15, 0.2) is 0 Å². The molecule has 8 heteroatoms. The van der Waals surface area contributed by atoms with Gasteiger partial charge in [0.25, 0.3) is 6.26 Å². The van der Waals surface area contributed by atoms with E-state index in [0.29, 0.717) is 13.0 Å². The lowest BCUT2D eigenvalue weighted by atomic mass is 9.63. The number of rotatable bonds is 6. The summed E-state index contributed by atoms with van der Waals surface area (Å²) in [5, 5.41) is 11.5. The summed E-state index contributed by atoms with van der Waals surface area (Å²) in [5.41, 5.74) is 4.71. The highest BCUT2D eigenvalue weighted by atomic mass is 16.6. The van der Waals surface area contributed by atoms with Crippen molar-refractivity contribution in [3.05, 3.63) is 0 Å². The maximum atomic E-state index is 11.8. The maximum absolute atomic E-state index is 11.8. The fraction of sp³-hybridized carbons (Fsp3) is 0.812. The number of nitriles is 1. The van der Waals surface area contributed by atoms with Crippen LogP contribution in [0.25, 0.3) is 0 Å². The first-order chi connectivity index (χ1) is 11.1. The minimum atomic E-state index is -0.910. The maximum Gasteiger partial charge on any atom is 0.407 e. The Balaban J connectivity index is 2.47. The normalized spacial score (nSPS) is 26.5. The SMILES string of the molecule is CC(COC(=O)NCC1(C)CC(OC#N)CC(C)(C)C1)OC(N)=O. The first kappa shape index (κ1) is 19.9. The molecule has 3 N–H and O–H groups in total. The molecule has 0 heterocycles. The number of amides is 2. The fourth-order valence-electron chi connectivity index (χ4n) is 3.59. The zero-order valence-corrected chi connectivity index (χ0v) is 14.8. The van der Waals surface area contributed by atoms with E-state index in [1.54, 1.807) is 13.2 Å². The second kappa shape index (κ2) is 8.08. The Hall–Kier alpha value is -2.17. The number of nitrogens with two attached hydrogens (primary N) is 1. The van der Waals surface area contributed by atoms with Crippen LogP contribution in [-0.4, -0.2) is 37.5 Å². The van der Waals surface area contributed by atoms with Crippen LogP contribution < -0.4 is 11.1 Å². The van der Waals surface area contributed by atoms with Crippen LogP contribution in [-0.2, 0) is 14.2 Å². The van der Waals surface area contributed by atoms with Crippen LogP contribution in [0.15, 0.2) is 0 Å². The first-order valence-corrected chi connectivity index (χ1v) is 7.97. The quantitative estimate of drug-likeness (QED) is 0.714. The van der Waals surface area contributed by atoms with Crippen molar-refractivity contribution < 1.29 is 23.8 Å². The number of carbonyl (C=O) groups excluding carboxylic acids is 2. The molecule has 1 saturated carbocycles. The van der Waals surface area contributed by atoms with Gasteiger partial charge in [-0.3, -0.25) is 0 Å². The van der Waals surface area contributed by atoms with E-state index in [4.69, 9.17) is 20.5 Å². The number of hydrogen-bond acceptors (Lipinski definition) is 6. The highest BCUT2D eigenvalue weighted by Gasteiger charge is 2.42. The molecule has 0 radical (unpaired) electrons. The van der Waals surface area contributed by atoms with Crippen molar-refractivity contribution in [2.24, 2.45) is 16.6 Å². The van der Waals surface area contributed by atoms with Gasteiger partial charge < -0.3 is 25.3 Å². The largest absolute Gasteiger partial charge is 0.446 e. The van der Waals surface area contributed by atoms with Crippen molar-refractivity contribution in [1.29, 1.82) is 5.26 Å². The molecule has 1 aliphatic carbocycles. The number of nitrogens with zero attached hydrogens (tertiary/aromatic N) is 1. The summed E-state index contributed by atoms with van der Waals surface area (Å²) in [6.45, 7) is 8.22. The molecule has 2 amide bonds. The molecule has 3 atom stereocenters. The molecule has 1 fully saturated rings. The molecule has 24 heavy (non-hydrogen) atoms. The minimum Gasteiger partial charge on any atom is -0.446 e. The predicted octanol–water partition coefficient (Wildman–Crippen LogP) is 2.28. The Kier molecular flexibility index (Phi) is 6.70. The van der Waals surface area contributed by atoms with E-state index in [1.807, 2.05) is 0 Å². The Morgan fingerprint density at radius 3 is 2.62 bits per heavy atom. The van der Waals surface area contributed by atoms with Gasteiger partial charge in [0.05, 0.1) is 0 Å². The van der Waals surface area contributed by atoms with Crippen LogP contribution in [0.5, 0.6) is 0 Å². The number of carbonyl (C=O) groups is 2. The molecule has 136 valence electrons. The van der Waals surface area contributed by atoms with Crippen molar-refractivity contribution in [1.82, 2.24) is 5.32 Å². The molecular weight excluding hydrogens is 314 g/mol. The third-order valence-electron chi connectivity index (χ3n) is 4.05. The molecule has 8 nitrogen and oxygen atoms in total. The third-order valence-corrected chi connectivity index (χ3v) is 4.05. The summed E-state index contributed by atoms with van der Waals surface area (Å²) in [6, 6.07) is 0. The van der Waals surface area contributed by atoms with E-state index in [1.165, 1.54) is 0 Å². The van der Waals surface area contributed by atoms with Gasteiger partial charge in [0, 0.05) is 6.54 Å². The van der Waals surface area contributed by atoms with Crippen LogP contribution in [0.1, 0.15) is 47.0 Å². The molecular formula is C16H27N3O5. The topological polar surface area (TPSA) is 124 Å². The average molecular weight is 341 g/mol. The molecule has 0 spiro atoms.